The first-order valence-corrected chi connectivity index (χ1v) is 8.57. The number of aromatic nitrogens is 1. The number of amides is 1. The van der Waals surface area contributed by atoms with Gasteiger partial charge in [0.2, 0.25) is 0 Å². The lowest BCUT2D eigenvalue weighted by molar-refractivity contribution is -0.124. The number of nitrogens with zero attached hydrogens (tertiary/aromatic N) is 1. The third-order valence-electron chi connectivity index (χ3n) is 4.20. The number of hydrogen-bond donors (Lipinski definition) is 1. The van der Waals surface area contributed by atoms with E-state index in [4.69, 9.17) is 27.9 Å². The Kier molecular flexibility index (Phi) is 5.25. The minimum absolute atomic E-state index is 0.00124. The maximum absolute atomic E-state index is 12.0. The van der Waals surface area contributed by atoms with Gasteiger partial charge in [-0.2, -0.15) is 0 Å². The summed E-state index contributed by atoms with van der Waals surface area (Å²) in [5, 5.41) is 3.07. The Morgan fingerprint density at radius 1 is 1.12 bits per heavy atom. The number of ether oxygens (including phenoxy) is 1. The van der Waals surface area contributed by atoms with Gasteiger partial charge in [-0.05, 0) is 30.5 Å². The molecule has 0 atom stereocenters. The molecule has 1 aliphatic carbocycles. The molecule has 0 spiro atoms. The Hall–Kier alpha value is -2.11. The fraction of sp³-hybridized carbons (Fsp3) is 0.278. The smallest absolute Gasteiger partial charge is 0.359 e. The Morgan fingerprint density at radius 2 is 1.84 bits per heavy atom. The second kappa shape index (κ2) is 7.42. The summed E-state index contributed by atoms with van der Waals surface area (Å²) >= 11 is 11.6. The summed E-state index contributed by atoms with van der Waals surface area (Å²) in [5.74, 6) is -1.15. The third kappa shape index (κ3) is 4.30. The number of halogens is 2. The zero-order chi connectivity index (χ0) is 17.9. The van der Waals surface area contributed by atoms with Gasteiger partial charge < -0.3 is 10.1 Å². The lowest BCUT2D eigenvalue weighted by atomic mass is 9.96. The predicted molar refractivity (Wildman–Crippen MR) is 94.9 cm³/mol. The van der Waals surface area contributed by atoms with Crippen molar-refractivity contribution in [3.63, 3.8) is 0 Å². The van der Waals surface area contributed by atoms with Gasteiger partial charge in [-0.3, -0.25) is 4.79 Å². The first-order chi connectivity index (χ1) is 12.0. The lowest BCUT2D eigenvalue weighted by Crippen LogP contribution is -2.35. The van der Waals surface area contributed by atoms with Crippen LogP contribution in [0.1, 0.15) is 28.9 Å². The zero-order valence-electron chi connectivity index (χ0n) is 13.3. The van der Waals surface area contributed by atoms with Gasteiger partial charge in [0.05, 0.1) is 5.02 Å². The van der Waals surface area contributed by atoms with Crippen LogP contribution < -0.4 is 5.32 Å². The highest BCUT2D eigenvalue weighted by Crippen LogP contribution is 2.47. The van der Waals surface area contributed by atoms with Gasteiger partial charge in [-0.1, -0.05) is 53.5 Å². The van der Waals surface area contributed by atoms with Crippen LogP contribution in [0.4, 0.5) is 0 Å². The minimum Gasteiger partial charge on any atom is -0.451 e. The summed E-state index contributed by atoms with van der Waals surface area (Å²) in [6.07, 6.45) is 2.05. The van der Waals surface area contributed by atoms with Crippen molar-refractivity contribution < 1.29 is 14.3 Å². The average molecular weight is 379 g/mol. The molecule has 25 heavy (non-hydrogen) atoms. The van der Waals surface area contributed by atoms with E-state index in [1.807, 2.05) is 18.2 Å². The number of hydrogen-bond acceptors (Lipinski definition) is 4. The van der Waals surface area contributed by atoms with Crippen LogP contribution in [-0.4, -0.2) is 30.0 Å². The average Bonchev–Trinajstić information content (AvgIpc) is 3.42. The van der Waals surface area contributed by atoms with Crippen molar-refractivity contribution >= 4 is 35.1 Å². The first-order valence-electron chi connectivity index (χ1n) is 7.82. The molecule has 2 aromatic rings. The van der Waals surface area contributed by atoms with Crippen molar-refractivity contribution in [3.8, 4) is 0 Å². The van der Waals surface area contributed by atoms with E-state index in [0.29, 0.717) is 6.54 Å². The fourth-order valence-electron chi connectivity index (χ4n) is 2.59. The van der Waals surface area contributed by atoms with Crippen molar-refractivity contribution in [2.75, 3.05) is 13.2 Å². The zero-order valence-corrected chi connectivity index (χ0v) is 14.8. The van der Waals surface area contributed by atoms with E-state index in [-0.39, 0.29) is 27.2 Å². The van der Waals surface area contributed by atoms with Crippen LogP contribution >= 0.6 is 23.2 Å². The van der Waals surface area contributed by atoms with Gasteiger partial charge in [-0.25, -0.2) is 9.78 Å². The highest BCUT2D eigenvalue weighted by Gasteiger charge is 2.44. The number of esters is 1. The highest BCUT2D eigenvalue weighted by molar-refractivity contribution is 6.34. The van der Waals surface area contributed by atoms with E-state index in [9.17, 15) is 9.59 Å². The third-order valence-corrected chi connectivity index (χ3v) is 4.72. The fourth-order valence-corrected chi connectivity index (χ4v) is 2.92. The van der Waals surface area contributed by atoms with E-state index in [0.717, 1.165) is 12.8 Å². The van der Waals surface area contributed by atoms with E-state index in [1.54, 1.807) is 0 Å². The number of benzene rings is 1. The summed E-state index contributed by atoms with van der Waals surface area (Å²) in [7, 11) is 0. The summed E-state index contributed by atoms with van der Waals surface area (Å²) < 4.78 is 4.96. The van der Waals surface area contributed by atoms with Gasteiger partial charge in [0.25, 0.3) is 5.91 Å². The van der Waals surface area contributed by atoms with Gasteiger partial charge in [0, 0.05) is 12.0 Å². The van der Waals surface area contributed by atoms with E-state index < -0.39 is 12.6 Å². The van der Waals surface area contributed by atoms with E-state index >= 15 is 0 Å². The van der Waals surface area contributed by atoms with Crippen molar-refractivity contribution in [2.24, 2.45) is 0 Å². The molecule has 1 fully saturated rings. The van der Waals surface area contributed by atoms with Crippen LogP contribution in [-0.2, 0) is 14.9 Å². The number of rotatable bonds is 6. The van der Waals surface area contributed by atoms with Gasteiger partial charge in [-0.15, -0.1) is 0 Å². The normalized spacial score (nSPS) is 14.6. The molecule has 0 aliphatic heterocycles. The van der Waals surface area contributed by atoms with Crippen LogP contribution in [0.2, 0.25) is 10.2 Å². The lowest BCUT2D eigenvalue weighted by Gasteiger charge is -2.16. The summed E-state index contributed by atoms with van der Waals surface area (Å²) in [6.45, 7) is 0.123. The largest absolute Gasteiger partial charge is 0.451 e. The van der Waals surface area contributed by atoms with Gasteiger partial charge in [0.15, 0.2) is 12.3 Å². The van der Waals surface area contributed by atoms with Crippen molar-refractivity contribution in [1.29, 1.82) is 0 Å². The molecule has 130 valence electrons. The van der Waals surface area contributed by atoms with Crippen molar-refractivity contribution in [2.45, 2.75) is 18.3 Å². The number of nitrogens with one attached hydrogen (secondary N) is 1. The Balaban J connectivity index is 1.50. The van der Waals surface area contributed by atoms with Crippen LogP contribution in [0.25, 0.3) is 0 Å². The Bertz CT molecular complexity index is 792. The molecular weight excluding hydrogens is 363 g/mol. The number of carbonyl (C=O) groups is 2. The maximum Gasteiger partial charge on any atom is 0.359 e. The highest BCUT2D eigenvalue weighted by atomic mass is 35.5. The molecule has 1 saturated carbocycles. The molecule has 1 aromatic carbocycles. The second-order valence-corrected chi connectivity index (χ2v) is 6.76. The first kappa shape index (κ1) is 17.7. The molecule has 5 nitrogen and oxygen atoms in total. The summed E-state index contributed by atoms with van der Waals surface area (Å²) in [5.41, 5.74) is 1.10. The van der Waals surface area contributed by atoms with E-state index in [1.165, 1.54) is 17.7 Å². The minimum atomic E-state index is -0.785. The SMILES string of the molecule is O=C(COC(=O)c1nc(Cl)ccc1Cl)NCC1(c2ccccc2)CC1. The van der Waals surface area contributed by atoms with Crippen LogP contribution in [0.5, 0.6) is 0 Å². The molecule has 0 saturated heterocycles. The monoisotopic (exact) mass is 378 g/mol. The summed E-state index contributed by atoms with van der Waals surface area (Å²) in [6, 6.07) is 13.0. The Labute approximate surface area is 155 Å². The molecule has 0 radical (unpaired) electrons. The molecule has 0 bridgehead atoms. The van der Waals surface area contributed by atoms with Crippen LogP contribution in [0.3, 0.4) is 0 Å². The molecule has 0 unspecified atom stereocenters. The maximum atomic E-state index is 12.0. The molecule has 1 aromatic heterocycles. The Morgan fingerprint density at radius 3 is 2.52 bits per heavy atom. The number of pyridine rings is 1. The molecule has 1 heterocycles. The molecule has 1 N–H and O–H groups in total. The summed E-state index contributed by atoms with van der Waals surface area (Å²) in [4.78, 5) is 27.7. The van der Waals surface area contributed by atoms with Crippen molar-refractivity contribution in [1.82, 2.24) is 10.3 Å². The van der Waals surface area contributed by atoms with E-state index in [2.05, 4.69) is 22.4 Å². The van der Waals surface area contributed by atoms with Gasteiger partial charge >= 0.3 is 5.97 Å². The van der Waals surface area contributed by atoms with Crippen LogP contribution in [0.15, 0.2) is 42.5 Å². The molecule has 1 amide bonds. The molecule has 1 aliphatic rings. The van der Waals surface area contributed by atoms with Crippen molar-refractivity contribution in [3.05, 3.63) is 63.9 Å². The predicted octanol–water partition coefficient (Wildman–Crippen LogP) is 3.39. The van der Waals surface area contributed by atoms with Gasteiger partial charge in [0.1, 0.15) is 5.15 Å². The standard InChI is InChI=1S/C18H16Cl2N2O3/c19-13-6-7-14(20)22-16(13)17(24)25-10-15(23)21-11-18(8-9-18)12-4-2-1-3-5-12/h1-7H,8-11H2,(H,21,23). The molecule has 3 rings (SSSR count). The second-order valence-electron chi connectivity index (χ2n) is 5.96. The quantitative estimate of drug-likeness (QED) is 0.617. The van der Waals surface area contributed by atoms with Crippen LogP contribution in [0, 0.1) is 0 Å². The molecular formula is C18H16Cl2N2O3. The molecule has 7 heteroatoms. The topological polar surface area (TPSA) is 68.3 Å². The number of carbonyl (C=O) groups excluding carboxylic acids is 2.